The van der Waals surface area contributed by atoms with Crippen molar-refractivity contribution in [1.29, 1.82) is 0 Å². The molecule has 0 spiro atoms. The monoisotopic (exact) mass is 972 g/mol. The number of aliphatic carboxylic acids is 2. The fourth-order valence-corrected chi connectivity index (χ4v) is 7.24. The first-order chi connectivity index (χ1) is 32.5. The van der Waals surface area contributed by atoms with Crippen LogP contribution >= 0.6 is 0 Å². The van der Waals surface area contributed by atoms with Crippen LogP contribution in [0, 0.1) is 5.41 Å². The Bertz CT molecular complexity index is 1360. The van der Waals surface area contributed by atoms with E-state index in [1.165, 1.54) is 57.8 Å². The number of ketones is 1. The van der Waals surface area contributed by atoms with Gasteiger partial charge in [0.05, 0.1) is 45.7 Å². The van der Waals surface area contributed by atoms with Crippen molar-refractivity contribution < 1.29 is 62.7 Å². The number of hydrogen-bond acceptors (Lipinski definition) is 12. The largest absolute Gasteiger partial charge is 0.481 e. The smallest absolute Gasteiger partial charge is 0.326 e. The number of carbonyl (C=O) groups excluding carboxylic acids is 5. The van der Waals surface area contributed by atoms with Gasteiger partial charge in [-0.25, -0.2) is 4.79 Å². The van der Waals surface area contributed by atoms with Gasteiger partial charge in [0.25, 0.3) is 0 Å². The average Bonchev–Trinajstić information content (AvgIpc) is 3.27. The maximum absolute atomic E-state index is 12.7. The molecule has 0 aromatic heterocycles. The summed E-state index contributed by atoms with van der Waals surface area (Å²) in [6.07, 6.45) is 20.6. The van der Waals surface area contributed by atoms with Gasteiger partial charge in [0.1, 0.15) is 19.3 Å². The number of hydrogen-bond donors (Lipinski definition) is 7. The maximum Gasteiger partial charge on any atom is 0.326 e. The highest BCUT2D eigenvalue weighted by molar-refractivity contribution is 5.88. The topological polar surface area (TPSA) is 257 Å². The zero-order valence-corrected chi connectivity index (χ0v) is 42.7. The third-order valence-electron chi connectivity index (χ3n) is 11.0. The SMILES string of the molecule is CC(C)N[C@@H](CCCCNC(=O)COCCOCCNC(=O)COCCOCCNC(=O)CCC(NC(=O)CCCCCCCCCCCCCCCCCCC(=O)O)C(=O)O)C(=O)C(C)(C)C. The molecule has 4 amide bonds. The predicted octanol–water partition coefficient (Wildman–Crippen LogP) is 6.01. The van der Waals surface area contributed by atoms with E-state index < -0.39 is 23.4 Å². The zero-order chi connectivity index (χ0) is 50.7. The third kappa shape index (κ3) is 42.4. The second kappa shape index (κ2) is 43.3. The van der Waals surface area contributed by atoms with E-state index in [1.54, 1.807) is 0 Å². The van der Waals surface area contributed by atoms with Gasteiger partial charge < -0.3 is 55.7 Å². The molecule has 0 saturated carbocycles. The van der Waals surface area contributed by atoms with Gasteiger partial charge in [-0.05, 0) is 38.5 Å². The number of carbonyl (C=O) groups is 7. The molecule has 0 saturated heterocycles. The molecule has 0 heterocycles. The summed E-state index contributed by atoms with van der Waals surface area (Å²) in [6.45, 7) is 11.9. The number of ether oxygens (including phenoxy) is 4. The molecule has 2 atom stereocenters. The van der Waals surface area contributed by atoms with Crippen molar-refractivity contribution in [2.24, 2.45) is 5.41 Å². The van der Waals surface area contributed by atoms with Crippen molar-refractivity contribution in [1.82, 2.24) is 26.6 Å². The Morgan fingerprint density at radius 3 is 1.31 bits per heavy atom. The Kier molecular flexibility index (Phi) is 41.0. The fraction of sp³-hybridized carbons (Fsp3) is 0.860. The molecule has 0 bridgehead atoms. The molecule has 18 nitrogen and oxygen atoms in total. The summed E-state index contributed by atoms with van der Waals surface area (Å²) in [5.41, 5.74) is -0.415. The number of unbranched alkanes of at least 4 members (excludes halogenated alkanes) is 16. The molecule has 0 aliphatic rings. The summed E-state index contributed by atoms with van der Waals surface area (Å²) < 4.78 is 21.5. The van der Waals surface area contributed by atoms with Crippen LogP contribution in [0.15, 0.2) is 0 Å². The van der Waals surface area contributed by atoms with Gasteiger partial charge in [-0.2, -0.15) is 0 Å². The minimum atomic E-state index is -1.18. The molecule has 0 aromatic carbocycles. The highest BCUT2D eigenvalue weighted by Crippen LogP contribution is 2.20. The van der Waals surface area contributed by atoms with E-state index in [2.05, 4.69) is 26.6 Å². The van der Waals surface area contributed by atoms with Crippen LogP contribution in [0.25, 0.3) is 0 Å². The van der Waals surface area contributed by atoms with Crippen LogP contribution in [0.4, 0.5) is 0 Å². The molecule has 18 heteroatoms. The van der Waals surface area contributed by atoms with Gasteiger partial charge in [-0.15, -0.1) is 0 Å². The number of nitrogens with one attached hydrogen (secondary N) is 5. The Hall–Kier alpha value is -3.71. The summed E-state index contributed by atoms with van der Waals surface area (Å²) in [5.74, 6) is -2.90. The van der Waals surface area contributed by atoms with E-state index in [1.807, 2.05) is 34.6 Å². The molecule has 0 aliphatic carbocycles. The minimum absolute atomic E-state index is 0.0235. The predicted molar refractivity (Wildman–Crippen MR) is 262 cm³/mol. The summed E-state index contributed by atoms with van der Waals surface area (Å²) in [5, 5.41) is 32.3. The van der Waals surface area contributed by atoms with Crippen molar-refractivity contribution in [3.05, 3.63) is 0 Å². The van der Waals surface area contributed by atoms with Crippen LogP contribution in [-0.4, -0.2) is 142 Å². The molecular formula is C50H93N5O13. The van der Waals surface area contributed by atoms with Gasteiger partial charge in [-0.1, -0.05) is 125 Å². The van der Waals surface area contributed by atoms with Crippen molar-refractivity contribution in [2.75, 3.05) is 72.5 Å². The fourth-order valence-electron chi connectivity index (χ4n) is 7.24. The molecule has 0 rings (SSSR count). The van der Waals surface area contributed by atoms with Gasteiger partial charge in [-0.3, -0.25) is 28.8 Å². The van der Waals surface area contributed by atoms with Crippen LogP contribution in [-0.2, 0) is 52.5 Å². The summed E-state index contributed by atoms with van der Waals surface area (Å²) >= 11 is 0. The average molecular weight is 972 g/mol. The lowest BCUT2D eigenvalue weighted by Gasteiger charge is -2.27. The summed E-state index contributed by atoms with van der Waals surface area (Å²) in [4.78, 5) is 83.6. The van der Waals surface area contributed by atoms with E-state index >= 15 is 0 Å². The van der Waals surface area contributed by atoms with E-state index in [0.717, 1.165) is 51.4 Å². The molecule has 0 radical (unpaired) electrons. The second-order valence-corrected chi connectivity index (χ2v) is 18.9. The van der Waals surface area contributed by atoms with Crippen LogP contribution in [0.3, 0.4) is 0 Å². The molecule has 1 unspecified atom stereocenters. The molecule has 68 heavy (non-hydrogen) atoms. The second-order valence-electron chi connectivity index (χ2n) is 18.9. The number of Topliss-reactive ketones (excluding diaryl/α,β-unsaturated/α-hetero) is 1. The Morgan fingerprint density at radius 1 is 0.441 bits per heavy atom. The quantitative estimate of drug-likeness (QED) is 0.0345. The van der Waals surface area contributed by atoms with Gasteiger partial charge in [0.2, 0.25) is 23.6 Å². The van der Waals surface area contributed by atoms with E-state index in [9.17, 15) is 38.7 Å². The normalized spacial score (nSPS) is 12.4. The highest BCUT2D eigenvalue weighted by atomic mass is 16.5. The zero-order valence-electron chi connectivity index (χ0n) is 42.7. The standard InChI is InChI=1S/C50H93N5O13/c1-40(2)54-41(48(62)50(3,4)5)24-22-23-29-51-45(58)38-67-36-35-66-33-31-53-46(59)39-68-37-34-65-32-30-52-43(56)28-27-42(49(63)64)55-44(57)25-20-18-16-14-12-10-8-6-7-9-11-13-15-17-19-21-26-47(60)61/h40-42,54H,6-39H2,1-5H3,(H,51,58)(H,52,56)(H,53,59)(H,55,57)(H,60,61)(H,63,64)/t41-,42?/m0/s1. The number of amides is 4. The lowest BCUT2D eigenvalue weighted by atomic mass is 9.84. The number of rotatable bonds is 48. The van der Waals surface area contributed by atoms with Crippen LogP contribution in [0.2, 0.25) is 0 Å². The highest BCUT2D eigenvalue weighted by Gasteiger charge is 2.29. The lowest BCUT2D eigenvalue weighted by molar-refractivity contribution is -0.142. The Labute approximate surface area is 408 Å². The maximum atomic E-state index is 12.7. The molecule has 396 valence electrons. The number of carboxylic acids is 2. The van der Waals surface area contributed by atoms with Crippen LogP contribution in [0.1, 0.15) is 182 Å². The minimum Gasteiger partial charge on any atom is -0.481 e. The Balaban J connectivity index is 3.71. The van der Waals surface area contributed by atoms with Gasteiger partial charge in [0, 0.05) is 50.4 Å². The first-order valence-corrected chi connectivity index (χ1v) is 25.7. The van der Waals surface area contributed by atoms with Crippen LogP contribution < -0.4 is 26.6 Å². The van der Waals surface area contributed by atoms with E-state index in [-0.39, 0.29) is 133 Å². The van der Waals surface area contributed by atoms with E-state index in [4.69, 9.17) is 24.1 Å². The summed E-state index contributed by atoms with van der Waals surface area (Å²) in [6, 6.07) is -1.13. The lowest BCUT2D eigenvalue weighted by Crippen LogP contribution is -2.45. The van der Waals surface area contributed by atoms with Crippen LogP contribution in [0.5, 0.6) is 0 Å². The molecule has 0 aromatic rings. The van der Waals surface area contributed by atoms with Crippen molar-refractivity contribution >= 4 is 41.4 Å². The number of carboxylic acid groups (broad SMARTS) is 2. The molecule has 0 aliphatic heterocycles. The first-order valence-electron chi connectivity index (χ1n) is 25.7. The Morgan fingerprint density at radius 2 is 0.868 bits per heavy atom. The molecule has 0 fully saturated rings. The molecular weight excluding hydrogens is 879 g/mol. The van der Waals surface area contributed by atoms with Crippen molar-refractivity contribution in [2.45, 2.75) is 200 Å². The van der Waals surface area contributed by atoms with Gasteiger partial charge >= 0.3 is 11.9 Å². The van der Waals surface area contributed by atoms with E-state index in [0.29, 0.717) is 19.4 Å². The van der Waals surface area contributed by atoms with Gasteiger partial charge in [0.15, 0.2) is 5.78 Å². The summed E-state index contributed by atoms with van der Waals surface area (Å²) in [7, 11) is 0. The first kappa shape index (κ1) is 64.3. The van der Waals surface area contributed by atoms with Crippen molar-refractivity contribution in [3.8, 4) is 0 Å². The molecule has 7 N–H and O–H groups in total. The van der Waals surface area contributed by atoms with Crippen molar-refractivity contribution in [3.63, 3.8) is 0 Å². The third-order valence-corrected chi connectivity index (χ3v) is 11.0.